The standard InChI is InChI=1S/C13H18FNOS/c1-9-8-15(6-7-17-9)12-5-3-4-11(14)13(12)10(2)16/h3-5,9-10,16H,6-8H2,1-2H3/t9?,10-/m0/s1. The molecule has 2 atom stereocenters. The second-order valence-corrected chi connectivity index (χ2v) is 6.02. The zero-order valence-electron chi connectivity index (χ0n) is 10.2. The monoisotopic (exact) mass is 255 g/mol. The molecule has 1 N–H and O–H groups in total. The molecular formula is C13H18FNOS. The summed E-state index contributed by atoms with van der Waals surface area (Å²) < 4.78 is 13.8. The molecule has 1 saturated heterocycles. The molecule has 0 radical (unpaired) electrons. The number of benzene rings is 1. The first-order chi connectivity index (χ1) is 8.09. The number of aliphatic hydroxyl groups excluding tert-OH is 1. The van der Waals surface area contributed by atoms with E-state index < -0.39 is 6.10 Å². The minimum atomic E-state index is -0.768. The van der Waals surface area contributed by atoms with Crippen LogP contribution in [0.5, 0.6) is 0 Å². The van der Waals surface area contributed by atoms with Gasteiger partial charge in [-0.3, -0.25) is 0 Å². The average molecular weight is 255 g/mol. The van der Waals surface area contributed by atoms with Gasteiger partial charge in [-0.1, -0.05) is 13.0 Å². The molecule has 1 aliphatic heterocycles. The van der Waals surface area contributed by atoms with E-state index in [1.807, 2.05) is 17.8 Å². The minimum Gasteiger partial charge on any atom is -0.389 e. The molecule has 1 aliphatic rings. The van der Waals surface area contributed by atoms with Crippen LogP contribution in [0.25, 0.3) is 0 Å². The van der Waals surface area contributed by atoms with Crippen molar-refractivity contribution in [3.63, 3.8) is 0 Å². The predicted molar refractivity (Wildman–Crippen MR) is 71.2 cm³/mol. The summed E-state index contributed by atoms with van der Waals surface area (Å²) in [5.41, 5.74) is 1.26. The summed E-state index contributed by atoms with van der Waals surface area (Å²) in [5, 5.41) is 10.3. The summed E-state index contributed by atoms with van der Waals surface area (Å²) in [4.78, 5) is 2.17. The SMILES string of the molecule is CC1CN(c2cccc(F)c2[C@H](C)O)CCS1. The van der Waals surface area contributed by atoms with Crippen molar-refractivity contribution in [3.8, 4) is 0 Å². The van der Waals surface area contributed by atoms with Crippen LogP contribution in [0.15, 0.2) is 18.2 Å². The zero-order valence-corrected chi connectivity index (χ0v) is 11.0. The molecule has 0 saturated carbocycles. The van der Waals surface area contributed by atoms with E-state index in [0.29, 0.717) is 10.8 Å². The highest BCUT2D eigenvalue weighted by atomic mass is 32.2. The van der Waals surface area contributed by atoms with Gasteiger partial charge in [0.05, 0.1) is 6.10 Å². The Morgan fingerprint density at radius 1 is 1.53 bits per heavy atom. The van der Waals surface area contributed by atoms with Crippen LogP contribution in [0.4, 0.5) is 10.1 Å². The van der Waals surface area contributed by atoms with Gasteiger partial charge in [-0.05, 0) is 19.1 Å². The van der Waals surface area contributed by atoms with E-state index in [1.165, 1.54) is 6.07 Å². The molecule has 2 nitrogen and oxygen atoms in total. The van der Waals surface area contributed by atoms with Gasteiger partial charge in [0.1, 0.15) is 5.82 Å². The van der Waals surface area contributed by atoms with E-state index in [0.717, 1.165) is 24.5 Å². The number of anilines is 1. The van der Waals surface area contributed by atoms with Crippen LogP contribution in [0.2, 0.25) is 0 Å². The summed E-state index contributed by atoms with van der Waals surface area (Å²) in [7, 11) is 0. The average Bonchev–Trinajstić information content (AvgIpc) is 2.28. The fourth-order valence-corrected chi connectivity index (χ4v) is 3.27. The molecule has 2 rings (SSSR count). The normalized spacial score (nSPS) is 22.6. The Morgan fingerprint density at radius 2 is 2.29 bits per heavy atom. The molecule has 1 aromatic carbocycles. The highest BCUT2D eigenvalue weighted by Gasteiger charge is 2.22. The lowest BCUT2D eigenvalue weighted by atomic mass is 10.1. The third kappa shape index (κ3) is 2.75. The molecule has 1 fully saturated rings. The van der Waals surface area contributed by atoms with Crippen LogP contribution in [0, 0.1) is 5.82 Å². The summed E-state index contributed by atoms with van der Waals surface area (Å²) in [6, 6.07) is 5.02. The van der Waals surface area contributed by atoms with Gasteiger partial charge in [0.2, 0.25) is 0 Å². The molecule has 1 unspecified atom stereocenters. The van der Waals surface area contributed by atoms with Gasteiger partial charge in [0.15, 0.2) is 0 Å². The van der Waals surface area contributed by atoms with Crippen LogP contribution in [-0.2, 0) is 0 Å². The molecule has 94 valence electrons. The van der Waals surface area contributed by atoms with Gasteiger partial charge in [0.25, 0.3) is 0 Å². The Kier molecular flexibility index (Phi) is 3.94. The molecule has 17 heavy (non-hydrogen) atoms. The van der Waals surface area contributed by atoms with Crippen molar-refractivity contribution in [1.82, 2.24) is 0 Å². The zero-order chi connectivity index (χ0) is 12.4. The second-order valence-electron chi connectivity index (χ2n) is 4.48. The lowest BCUT2D eigenvalue weighted by Gasteiger charge is -2.34. The van der Waals surface area contributed by atoms with Crippen LogP contribution in [0.1, 0.15) is 25.5 Å². The summed E-state index contributed by atoms with van der Waals surface area (Å²) in [6.45, 7) is 5.62. The van der Waals surface area contributed by atoms with Gasteiger partial charge in [-0.15, -0.1) is 0 Å². The summed E-state index contributed by atoms with van der Waals surface area (Å²) in [5.74, 6) is 0.736. The van der Waals surface area contributed by atoms with Crippen LogP contribution < -0.4 is 4.90 Å². The number of halogens is 1. The molecule has 0 bridgehead atoms. The number of hydrogen-bond acceptors (Lipinski definition) is 3. The number of aliphatic hydroxyl groups is 1. The minimum absolute atomic E-state index is 0.316. The van der Waals surface area contributed by atoms with E-state index in [9.17, 15) is 9.50 Å². The third-order valence-electron chi connectivity index (χ3n) is 3.03. The van der Waals surface area contributed by atoms with Gasteiger partial charge in [0, 0.05) is 35.3 Å². The Bertz CT molecular complexity index is 397. The van der Waals surface area contributed by atoms with Crippen LogP contribution in [-0.4, -0.2) is 29.2 Å². The van der Waals surface area contributed by atoms with Crippen molar-refractivity contribution in [1.29, 1.82) is 0 Å². The van der Waals surface area contributed by atoms with E-state index in [4.69, 9.17) is 0 Å². The molecule has 0 aliphatic carbocycles. The molecule has 1 heterocycles. The fraction of sp³-hybridized carbons (Fsp3) is 0.538. The molecule has 0 amide bonds. The fourth-order valence-electron chi connectivity index (χ4n) is 2.25. The summed E-state index contributed by atoms with van der Waals surface area (Å²) >= 11 is 1.94. The predicted octanol–water partition coefficient (Wildman–Crippen LogP) is 2.82. The number of nitrogens with zero attached hydrogens (tertiary/aromatic N) is 1. The van der Waals surface area contributed by atoms with Gasteiger partial charge >= 0.3 is 0 Å². The maximum absolute atomic E-state index is 13.8. The molecular weight excluding hydrogens is 237 g/mol. The second kappa shape index (κ2) is 5.27. The van der Waals surface area contributed by atoms with E-state index in [-0.39, 0.29) is 5.82 Å². The van der Waals surface area contributed by atoms with E-state index in [2.05, 4.69) is 11.8 Å². The highest BCUT2D eigenvalue weighted by Crippen LogP contribution is 2.31. The van der Waals surface area contributed by atoms with Crippen molar-refractivity contribution in [2.75, 3.05) is 23.7 Å². The lowest BCUT2D eigenvalue weighted by Crippen LogP contribution is -2.37. The maximum atomic E-state index is 13.8. The maximum Gasteiger partial charge on any atom is 0.131 e. The topological polar surface area (TPSA) is 23.5 Å². The molecule has 0 aromatic heterocycles. The quantitative estimate of drug-likeness (QED) is 0.879. The van der Waals surface area contributed by atoms with Gasteiger partial charge in [-0.2, -0.15) is 11.8 Å². The largest absolute Gasteiger partial charge is 0.389 e. The first-order valence-corrected chi connectivity index (χ1v) is 6.97. The Labute approximate surface area is 106 Å². The first-order valence-electron chi connectivity index (χ1n) is 5.92. The van der Waals surface area contributed by atoms with E-state index in [1.54, 1.807) is 13.0 Å². The number of rotatable bonds is 2. The van der Waals surface area contributed by atoms with Gasteiger partial charge < -0.3 is 10.0 Å². The molecule has 0 spiro atoms. The summed E-state index contributed by atoms with van der Waals surface area (Å²) in [6.07, 6.45) is -0.768. The van der Waals surface area contributed by atoms with Crippen molar-refractivity contribution in [3.05, 3.63) is 29.6 Å². The van der Waals surface area contributed by atoms with Crippen LogP contribution in [0.3, 0.4) is 0 Å². The smallest absolute Gasteiger partial charge is 0.131 e. The van der Waals surface area contributed by atoms with Crippen molar-refractivity contribution >= 4 is 17.4 Å². The van der Waals surface area contributed by atoms with Crippen molar-refractivity contribution in [2.24, 2.45) is 0 Å². The van der Waals surface area contributed by atoms with Gasteiger partial charge in [-0.25, -0.2) is 4.39 Å². The van der Waals surface area contributed by atoms with Crippen LogP contribution >= 0.6 is 11.8 Å². The lowest BCUT2D eigenvalue weighted by molar-refractivity contribution is 0.194. The number of hydrogen-bond donors (Lipinski definition) is 1. The molecule has 1 aromatic rings. The highest BCUT2D eigenvalue weighted by molar-refractivity contribution is 8.00. The first kappa shape index (κ1) is 12.7. The van der Waals surface area contributed by atoms with E-state index >= 15 is 0 Å². The Hall–Kier alpha value is -0.740. The van der Waals surface area contributed by atoms with Crippen molar-refractivity contribution < 1.29 is 9.50 Å². The Morgan fingerprint density at radius 3 is 2.94 bits per heavy atom. The third-order valence-corrected chi connectivity index (χ3v) is 4.17. The Balaban J connectivity index is 2.34. The molecule has 4 heteroatoms. The number of thioether (sulfide) groups is 1. The van der Waals surface area contributed by atoms with Crippen molar-refractivity contribution in [2.45, 2.75) is 25.2 Å².